The minimum Gasteiger partial charge on any atom is -0.803 e. The van der Waals surface area contributed by atoms with E-state index in [2.05, 4.69) is 0 Å². The van der Waals surface area contributed by atoms with Crippen LogP contribution in [0.5, 0.6) is 5.75 Å². The highest BCUT2D eigenvalue weighted by Gasteiger charge is 1.98. The molecule has 1 aromatic heterocycles. The lowest BCUT2D eigenvalue weighted by molar-refractivity contribution is 0.407. The number of pyridine rings is 1. The Hall–Kier alpha value is -1.45. The zero-order chi connectivity index (χ0) is 8.43. The number of rotatable bonds is 1. The van der Waals surface area contributed by atoms with Gasteiger partial charge in [-0.25, -0.2) is 0 Å². The molecule has 60 valence electrons. The average Bonchev–Trinajstić information content (AvgIpc) is 2.01. The van der Waals surface area contributed by atoms with Gasteiger partial charge in [-0.2, -0.15) is 0 Å². The highest BCUT2D eigenvalue weighted by molar-refractivity contribution is 5.27. The van der Waals surface area contributed by atoms with Crippen molar-refractivity contribution in [1.82, 2.24) is 4.73 Å². The second kappa shape index (κ2) is 2.65. The molecule has 1 aromatic rings. The Morgan fingerprint density at radius 3 is 2.73 bits per heavy atom. The zero-order valence-corrected chi connectivity index (χ0v) is 6.33. The molecule has 0 atom stereocenters. The zero-order valence-electron chi connectivity index (χ0n) is 6.33. The maximum absolute atomic E-state index is 10.9. The number of nitrogens with zero attached hydrogens (tertiary/aromatic N) is 1. The van der Waals surface area contributed by atoms with Crippen LogP contribution in [0.3, 0.4) is 0 Å². The summed E-state index contributed by atoms with van der Waals surface area (Å²) in [6.07, 6.45) is 0. The van der Waals surface area contributed by atoms with Gasteiger partial charge in [-0.3, -0.25) is 4.79 Å². The van der Waals surface area contributed by atoms with E-state index in [0.717, 1.165) is 0 Å². The third-order valence-electron chi connectivity index (χ3n) is 1.46. The normalized spacial score (nSPS) is 9.64. The first-order chi connectivity index (χ1) is 5.16. The number of hydrogen-bond acceptors (Lipinski definition) is 3. The molecule has 4 nitrogen and oxygen atoms in total. The highest BCUT2D eigenvalue weighted by Crippen LogP contribution is 2.12. The summed E-state index contributed by atoms with van der Waals surface area (Å²) in [6, 6.07) is 2.66. The Morgan fingerprint density at radius 2 is 2.18 bits per heavy atom. The van der Waals surface area contributed by atoms with Gasteiger partial charge in [0.2, 0.25) is 5.56 Å². The van der Waals surface area contributed by atoms with E-state index in [9.17, 15) is 10.0 Å². The third kappa shape index (κ3) is 1.19. The largest absolute Gasteiger partial charge is 0.803 e. The minimum absolute atomic E-state index is 0.292. The second-order valence-electron chi connectivity index (χ2n) is 2.12. The predicted molar refractivity (Wildman–Crippen MR) is 40.8 cm³/mol. The molecule has 0 saturated heterocycles. The van der Waals surface area contributed by atoms with Gasteiger partial charge in [0, 0.05) is 6.07 Å². The molecule has 0 N–H and O–H groups in total. The van der Waals surface area contributed by atoms with E-state index in [1.165, 1.54) is 26.2 Å². The van der Waals surface area contributed by atoms with Gasteiger partial charge in [-0.1, -0.05) is 0 Å². The van der Waals surface area contributed by atoms with Crippen molar-refractivity contribution in [2.24, 2.45) is 0 Å². The summed E-state index contributed by atoms with van der Waals surface area (Å²) < 4.78 is 5.13. The smallest absolute Gasteiger partial charge is 0.246 e. The van der Waals surface area contributed by atoms with Crippen LogP contribution >= 0.6 is 0 Å². The van der Waals surface area contributed by atoms with E-state index in [-0.39, 0.29) is 0 Å². The maximum Gasteiger partial charge on any atom is 0.246 e. The van der Waals surface area contributed by atoms with Gasteiger partial charge in [0.25, 0.3) is 0 Å². The summed E-state index contributed by atoms with van der Waals surface area (Å²) in [7, 11) is 1.45. The van der Waals surface area contributed by atoms with E-state index in [1.807, 2.05) is 0 Å². The molecular formula is C7H8NO3-. The monoisotopic (exact) mass is 154 g/mol. The lowest BCUT2D eigenvalue weighted by Gasteiger charge is -2.15. The predicted octanol–water partition coefficient (Wildman–Crippen LogP) is 0.511. The molecule has 0 spiro atoms. The van der Waals surface area contributed by atoms with Gasteiger partial charge in [-0.05, 0) is 13.0 Å². The van der Waals surface area contributed by atoms with E-state index < -0.39 is 5.56 Å². The minimum atomic E-state index is -0.566. The Labute approximate surface area is 63.6 Å². The summed E-state index contributed by atoms with van der Waals surface area (Å²) in [4.78, 5) is 10.7. The summed E-state index contributed by atoms with van der Waals surface area (Å²) in [5, 5.41) is 10.9. The molecule has 0 aliphatic rings. The van der Waals surface area contributed by atoms with Gasteiger partial charge < -0.3 is 14.7 Å². The topological polar surface area (TPSA) is 54.3 Å². The summed E-state index contributed by atoms with van der Waals surface area (Å²) in [6.45, 7) is 1.53. The van der Waals surface area contributed by atoms with Crippen molar-refractivity contribution in [3.63, 3.8) is 0 Å². The van der Waals surface area contributed by atoms with Crippen molar-refractivity contribution in [3.05, 3.63) is 33.4 Å². The molecule has 0 aliphatic heterocycles. The van der Waals surface area contributed by atoms with Crippen LogP contribution in [0, 0.1) is 12.1 Å². The standard InChI is InChI=1S/C7H8NO3/c1-5-6(11-2)3-4-7(9)8(5)10/h3-4H,1-2H3/q-1. The van der Waals surface area contributed by atoms with Gasteiger partial charge in [0.15, 0.2) is 0 Å². The summed E-state index contributed by atoms with van der Waals surface area (Å²) >= 11 is 0. The molecule has 0 fully saturated rings. The second-order valence-corrected chi connectivity index (χ2v) is 2.12. The molecule has 0 aromatic carbocycles. The molecule has 4 heteroatoms. The number of hydrogen-bond donors (Lipinski definition) is 0. The average molecular weight is 154 g/mol. The van der Waals surface area contributed by atoms with Crippen LogP contribution in [0.15, 0.2) is 16.9 Å². The Morgan fingerprint density at radius 1 is 1.55 bits per heavy atom. The van der Waals surface area contributed by atoms with E-state index in [0.29, 0.717) is 16.2 Å². The fraction of sp³-hybridized carbons (Fsp3) is 0.286. The number of ether oxygens (including phenoxy) is 1. The summed E-state index contributed by atoms with van der Waals surface area (Å²) in [5.41, 5.74) is -0.275. The van der Waals surface area contributed by atoms with Crippen LogP contribution in [0.1, 0.15) is 5.69 Å². The third-order valence-corrected chi connectivity index (χ3v) is 1.46. The first-order valence-electron chi connectivity index (χ1n) is 3.11. The molecule has 0 radical (unpaired) electrons. The van der Waals surface area contributed by atoms with Gasteiger partial charge in [0.05, 0.1) is 12.8 Å². The van der Waals surface area contributed by atoms with Crippen LogP contribution in [-0.2, 0) is 0 Å². The van der Waals surface area contributed by atoms with E-state index in [1.54, 1.807) is 0 Å². The Kier molecular flexibility index (Phi) is 1.85. The van der Waals surface area contributed by atoms with Crippen molar-refractivity contribution >= 4 is 0 Å². The van der Waals surface area contributed by atoms with E-state index in [4.69, 9.17) is 4.74 Å². The molecule has 0 unspecified atom stereocenters. The van der Waals surface area contributed by atoms with Crippen LogP contribution in [0.4, 0.5) is 0 Å². The fourth-order valence-electron chi connectivity index (χ4n) is 0.816. The van der Waals surface area contributed by atoms with Crippen molar-refractivity contribution in [2.45, 2.75) is 6.92 Å². The lowest BCUT2D eigenvalue weighted by atomic mass is 10.3. The number of methoxy groups -OCH3 is 1. The van der Waals surface area contributed by atoms with Crippen molar-refractivity contribution < 1.29 is 4.74 Å². The van der Waals surface area contributed by atoms with E-state index >= 15 is 0 Å². The maximum atomic E-state index is 10.9. The molecule has 1 rings (SSSR count). The Balaban J connectivity index is 3.37. The van der Waals surface area contributed by atoms with Crippen molar-refractivity contribution in [2.75, 3.05) is 7.11 Å². The lowest BCUT2D eigenvalue weighted by Crippen LogP contribution is -2.16. The van der Waals surface area contributed by atoms with Crippen LogP contribution in [0.25, 0.3) is 0 Å². The van der Waals surface area contributed by atoms with Crippen molar-refractivity contribution in [3.8, 4) is 5.75 Å². The van der Waals surface area contributed by atoms with Gasteiger partial charge in [0.1, 0.15) is 5.75 Å². The molecule has 1 heterocycles. The first kappa shape index (κ1) is 7.65. The highest BCUT2D eigenvalue weighted by atomic mass is 16.5. The number of aromatic nitrogens is 1. The molecule has 0 aliphatic carbocycles. The van der Waals surface area contributed by atoms with Gasteiger partial charge >= 0.3 is 0 Å². The first-order valence-corrected chi connectivity index (χ1v) is 3.11. The van der Waals surface area contributed by atoms with Gasteiger partial charge in [-0.15, -0.1) is 0 Å². The van der Waals surface area contributed by atoms with Crippen LogP contribution in [0.2, 0.25) is 0 Å². The quantitative estimate of drug-likeness (QED) is 0.592. The van der Waals surface area contributed by atoms with Crippen molar-refractivity contribution in [1.29, 1.82) is 0 Å². The summed E-state index contributed by atoms with van der Waals surface area (Å²) in [5.74, 6) is 0.430. The molecule has 0 amide bonds. The SMILES string of the molecule is COc1ccc(=O)n([O-])c1C. The molecular weight excluding hydrogens is 146 g/mol. The molecule has 0 bridgehead atoms. The fourth-order valence-corrected chi connectivity index (χ4v) is 0.816. The Bertz CT molecular complexity index is 316. The molecule has 0 saturated carbocycles. The molecule has 11 heavy (non-hydrogen) atoms. The van der Waals surface area contributed by atoms with Crippen LogP contribution < -0.4 is 10.3 Å². The van der Waals surface area contributed by atoms with Crippen LogP contribution in [-0.4, -0.2) is 11.8 Å².